The Kier molecular flexibility index (Phi) is 5.84. The molecule has 0 spiro atoms. The van der Waals surface area contributed by atoms with Gasteiger partial charge in [0.05, 0.1) is 21.6 Å². The summed E-state index contributed by atoms with van der Waals surface area (Å²) in [6.45, 7) is 0.272. The number of nitrogens with zero attached hydrogens (tertiary/aromatic N) is 1. The molecule has 1 saturated heterocycles. The molecule has 9 heteroatoms. The molecule has 1 atom stereocenters. The van der Waals surface area contributed by atoms with Crippen LogP contribution >= 0.6 is 46.1 Å². The number of hydrogen-bond acceptors (Lipinski definition) is 4. The van der Waals surface area contributed by atoms with E-state index in [2.05, 4.69) is 0 Å². The Hall–Kier alpha value is -1.31. The summed E-state index contributed by atoms with van der Waals surface area (Å²) in [5.74, 6) is -0.256. The second kappa shape index (κ2) is 8.08. The normalized spacial score (nSPS) is 18.2. The Labute approximate surface area is 187 Å². The number of carbonyl (C=O) groups is 1. The number of sulfone groups is 1. The molecule has 0 radical (unpaired) electrons. The molecule has 1 aromatic heterocycles. The van der Waals surface area contributed by atoms with E-state index in [-0.39, 0.29) is 24.0 Å². The van der Waals surface area contributed by atoms with E-state index in [1.807, 2.05) is 18.2 Å². The summed E-state index contributed by atoms with van der Waals surface area (Å²) >= 11 is 20.0. The number of amides is 1. The largest absolute Gasteiger partial charge is 0.330 e. The average molecular weight is 489 g/mol. The van der Waals surface area contributed by atoms with E-state index in [1.54, 1.807) is 29.2 Å². The van der Waals surface area contributed by atoms with Crippen molar-refractivity contribution in [2.75, 3.05) is 11.5 Å². The van der Waals surface area contributed by atoms with E-state index >= 15 is 0 Å². The van der Waals surface area contributed by atoms with Gasteiger partial charge in [0.15, 0.2) is 9.84 Å². The molecular formula is C20H16Cl3NO3S2. The van der Waals surface area contributed by atoms with Crippen LogP contribution in [-0.2, 0) is 16.4 Å². The lowest BCUT2D eigenvalue weighted by atomic mass is 10.1. The third-order valence-corrected chi connectivity index (χ3v) is 8.93. The molecule has 4 nitrogen and oxygen atoms in total. The summed E-state index contributed by atoms with van der Waals surface area (Å²) in [7, 11) is -3.16. The minimum atomic E-state index is -3.16. The maximum absolute atomic E-state index is 13.5. The highest BCUT2D eigenvalue weighted by Crippen LogP contribution is 2.40. The van der Waals surface area contributed by atoms with Crippen molar-refractivity contribution in [3.63, 3.8) is 0 Å². The van der Waals surface area contributed by atoms with Crippen molar-refractivity contribution in [2.24, 2.45) is 0 Å². The third kappa shape index (κ3) is 4.28. The quantitative estimate of drug-likeness (QED) is 0.474. The number of benzene rings is 2. The van der Waals surface area contributed by atoms with Crippen LogP contribution < -0.4 is 0 Å². The van der Waals surface area contributed by atoms with Gasteiger partial charge in [-0.15, -0.1) is 11.3 Å². The summed E-state index contributed by atoms with van der Waals surface area (Å²) in [4.78, 5) is 15.5. The molecule has 1 aliphatic heterocycles. The van der Waals surface area contributed by atoms with E-state index in [4.69, 9.17) is 34.8 Å². The summed E-state index contributed by atoms with van der Waals surface area (Å²) in [5, 5.41) is 2.03. The molecule has 4 rings (SSSR count). The maximum Gasteiger partial charge on any atom is 0.266 e. The van der Waals surface area contributed by atoms with Crippen LogP contribution in [0.5, 0.6) is 0 Å². The fourth-order valence-corrected chi connectivity index (χ4v) is 7.28. The summed E-state index contributed by atoms with van der Waals surface area (Å²) in [6.07, 6.45) is 0.408. The standard InChI is InChI=1S/C20H16Cl3NO3S2/c21-13-6-4-12(5-7-13)10-24(14-8-9-29(26,27)11-14)20(25)19-18(23)17-15(22)2-1-3-16(17)28-19/h1-7,14H,8-11H2. The predicted octanol–water partition coefficient (Wildman–Crippen LogP) is 5.69. The monoisotopic (exact) mass is 487 g/mol. The Bertz CT molecular complexity index is 1190. The molecule has 29 heavy (non-hydrogen) atoms. The lowest BCUT2D eigenvalue weighted by molar-refractivity contribution is 0.0686. The van der Waals surface area contributed by atoms with E-state index in [0.717, 1.165) is 10.3 Å². The number of fused-ring (bicyclic) bond motifs is 1. The molecule has 1 unspecified atom stereocenters. The maximum atomic E-state index is 13.5. The van der Waals surface area contributed by atoms with Crippen molar-refractivity contribution < 1.29 is 13.2 Å². The Morgan fingerprint density at radius 3 is 2.45 bits per heavy atom. The van der Waals surface area contributed by atoms with Gasteiger partial charge >= 0.3 is 0 Å². The van der Waals surface area contributed by atoms with Gasteiger partial charge < -0.3 is 4.90 Å². The van der Waals surface area contributed by atoms with Crippen molar-refractivity contribution in [3.8, 4) is 0 Å². The number of hydrogen-bond donors (Lipinski definition) is 0. The molecule has 2 aromatic carbocycles. The Morgan fingerprint density at radius 2 is 1.83 bits per heavy atom. The Balaban J connectivity index is 1.74. The van der Waals surface area contributed by atoms with Gasteiger partial charge in [-0.1, -0.05) is 53.0 Å². The molecule has 152 valence electrons. The van der Waals surface area contributed by atoms with E-state index < -0.39 is 15.9 Å². The van der Waals surface area contributed by atoms with Crippen molar-refractivity contribution in [1.29, 1.82) is 0 Å². The molecule has 0 bridgehead atoms. The molecular weight excluding hydrogens is 473 g/mol. The van der Waals surface area contributed by atoms with Gasteiger partial charge in [0.2, 0.25) is 0 Å². The average Bonchev–Trinajstić information content (AvgIpc) is 3.21. The van der Waals surface area contributed by atoms with Crippen molar-refractivity contribution in [1.82, 2.24) is 4.90 Å². The predicted molar refractivity (Wildman–Crippen MR) is 120 cm³/mol. The van der Waals surface area contributed by atoms with Crippen molar-refractivity contribution in [2.45, 2.75) is 19.0 Å². The lowest BCUT2D eigenvalue weighted by Crippen LogP contribution is -2.40. The van der Waals surface area contributed by atoms with Crippen LogP contribution in [0.1, 0.15) is 21.7 Å². The molecule has 1 fully saturated rings. The minimum absolute atomic E-state index is 0.0460. The summed E-state index contributed by atoms with van der Waals surface area (Å²) in [5.41, 5.74) is 0.863. The van der Waals surface area contributed by atoms with Crippen LogP contribution in [0.3, 0.4) is 0 Å². The van der Waals surface area contributed by atoms with E-state index in [1.165, 1.54) is 11.3 Å². The summed E-state index contributed by atoms with van der Waals surface area (Å²) in [6, 6.07) is 12.1. The molecule has 0 saturated carbocycles. The number of thiophene rings is 1. The van der Waals surface area contributed by atoms with Crippen LogP contribution in [0, 0.1) is 0 Å². The van der Waals surface area contributed by atoms with Crippen LogP contribution in [0.15, 0.2) is 42.5 Å². The second-order valence-corrected chi connectivity index (χ2v) is 11.5. The SMILES string of the molecule is O=C(c1sc2cccc(Cl)c2c1Cl)N(Cc1ccc(Cl)cc1)C1CCS(=O)(=O)C1. The summed E-state index contributed by atoms with van der Waals surface area (Å²) < 4.78 is 24.9. The van der Waals surface area contributed by atoms with Crippen molar-refractivity contribution >= 4 is 72.0 Å². The Morgan fingerprint density at radius 1 is 1.10 bits per heavy atom. The van der Waals surface area contributed by atoms with Crippen molar-refractivity contribution in [3.05, 3.63) is 68.0 Å². The van der Waals surface area contributed by atoms with Gasteiger partial charge in [0.25, 0.3) is 5.91 Å². The van der Waals surface area contributed by atoms with Crippen LogP contribution in [0.2, 0.25) is 15.1 Å². The third-order valence-electron chi connectivity index (χ3n) is 4.98. The van der Waals surface area contributed by atoms with Crippen LogP contribution in [0.25, 0.3) is 10.1 Å². The van der Waals surface area contributed by atoms with Crippen LogP contribution in [-0.4, -0.2) is 36.8 Å². The fourth-order valence-electron chi connectivity index (χ4n) is 3.51. The number of rotatable bonds is 4. The molecule has 0 aliphatic carbocycles. The van der Waals surface area contributed by atoms with E-state index in [9.17, 15) is 13.2 Å². The zero-order valence-electron chi connectivity index (χ0n) is 15.1. The van der Waals surface area contributed by atoms with Gasteiger partial charge in [0.1, 0.15) is 4.88 Å². The van der Waals surface area contributed by atoms with Gasteiger partial charge in [0, 0.05) is 27.7 Å². The number of carbonyl (C=O) groups excluding carboxylic acids is 1. The number of halogens is 3. The molecule has 2 heterocycles. The van der Waals surface area contributed by atoms with Gasteiger partial charge in [-0.2, -0.15) is 0 Å². The minimum Gasteiger partial charge on any atom is -0.330 e. The zero-order chi connectivity index (χ0) is 20.8. The smallest absolute Gasteiger partial charge is 0.266 e. The first-order valence-corrected chi connectivity index (χ1v) is 12.6. The first-order chi connectivity index (χ1) is 13.7. The highest BCUT2D eigenvalue weighted by atomic mass is 35.5. The highest BCUT2D eigenvalue weighted by Gasteiger charge is 2.36. The lowest BCUT2D eigenvalue weighted by Gasteiger charge is -2.28. The second-order valence-electron chi connectivity index (χ2n) is 6.97. The fraction of sp³-hybridized carbons (Fsp3) is 0.250. The van der Waals surface area contributed by atoms with Gasteiger partial charge in [-0.3, -0.25) is 4.79 Å². The topological polar surface area (TPSA) is 54.5 Å². The molecule has 3 aromatic rings. The molecule has 0 N–H and O–H groups in total. The first kappa shape index (κ1) is 20.9. The van der Waals surface area contributed by atoms with Gasteiger partial charge in [-0.25, -0.2) is 8.42 Å². The van der Waals surface area contributed by atoms with E-state index in [0.29, 0.717) is 31.8 Å². The molecule has 1 amide bonds. The van der Waals surface area contributed by atoms with Gasteiger partial charge in [-0.05, 0) is 36.2 Å². The molecule has 1 aliphatic rings. The zero-order valence-corrected chi connectivity index (χ0v) is 19.0. The van der Waals surface area contributed by atoms with Crippen LogP contribution in [0.4, 0.5) is 0 Å². The highest BCUT2D eigenvalue weighted by molar-refractivity contribution is 7.91. The first-order valence-electron chi connectivity index (χ1n) is 8.87.